The van der Waals surface area contributed by atoms with Crippen molar-refractivity contribution < 1.29 is 8.42 Å². The molecule has 2 aromatic rings. The van der Waals surface area contributed by atoms with E-state index in [1.165, 1.54) is 16.3 Å². The number of aryl methyl sites for hydroxylation is 1. The fourth-order valence-electron chi connectivity index (χ4n) is 5.25. The second-order valence-corrected chi connectivity index (χ2v) is 10.4. The van der Waals surface area contributed by atoms with Crippen LogP contribution in [0.4, 0.5) is 5.69 Å². The van der Waals surface area contributed by atoms with Gasteiger partial charge in [0.25, 0.3) is 0 Å². The molecule has 5 rings (SSSR count). The van der Waals surface area contributed by atoms with E-state index in [9.17, 15) is 8.42 Å². The van der Waals surface area contributed by atoms with Crippen LogP contribution in [0.15, 0.2) is 58.5 Å². The fraction of sp³-hybridized carbons (Fsp3) is 0.400. The molecule has 0 radical (unpaired) electrons. The van der Waals surface area contributed by atoms with E-state index in [0.29, 0.717) is 11.6 Å². The smallest absolute Gasteiger partial charge is 0.219 e. The van der Waals surface area contributed by atoms with Gasteiger partial charge in [-0.3, -0.25) is 0 Å². The average Bonchev–Trinajstić information content (AvgIpc) is 2.75. The Labute approximate surface area is 179 Å². The molecule has 1 heterocycles. The number of rotatable bonds is 2. The first kappa shape index (κ1) is 19.6. The van der Waals surface area contributed by atoms with Crippen LogP contribution in [-0.2, 0) is 10.2 Å². The molecule has 0 bridgehead atoms. The molecule has 3 aliphatic rings. The van der Waals surface area contributed by atoms with Crippen molar-refractivity contribution in [3.05, 3.63) is 70.8 Å². The lowest BCUT2D eigenvalue weighted by atomic mass is 9.75. The summed E-state index contributed by atoms with van der Waals surface area (Å²) < 4.78 is 33.1. The van der Waals surface area contributed by atoms with Crippen LogP contribution in [0.5, 0.6) is 0 Å². The van der Waals surface area contributed by atoms with Crippen LogP contribution in [0.3, 0.4) is 0 Å². The predicted molar refractivity (Wildman–Crippen MR) is 123 cm³/mol. The Bertz CT molecular complexity index is 1140. The van der Waals surface area contributed by atoms with Crippen molar-refractivity contribution in [3.8, 4) is 0 Å². The van der Waals surface area contributed by atoms with E-state index in [4.69, 9.17) is 0 Å². The van der Waals surface area contributed by atoms with Gasteiger partial charge in [-0.25, -0.2) is 4.31 Å². The van der Waals surface area contributed by atoms with Crippen molar-refractivity contribution in [2.45, 2.75) is 58.3 Å². The number of nitrogens with zero attached hydrogens (tertiary/aromatic N) is 2. The van der Waals surface area contributed by atoms with Crippen molar-refractivity contribution in [2.24, 2.45) is 10.3 Å². The van der Waals surface area contributed by atoms with Gasteiger partial charge in [-0.15, -0.1) is 4.40 Å². The summed E-state index contributed by atoms with van der Waals surface area (Å²) in [6.07, 6.45) is 6.44. The largest absolute Gasteiger partial charge is 0.349 e. The van der Waals surface area contributed by atoms with Gasteiger partial charge in [0.15, 0.2) is 0 Å². The molecule has 2 aliphatic carbocycles. The molecule has 30 heavy (non-hydrogen) atoms. The monoisotopic (exact) mass is 420 g/mol. The van der Waals surface area contributed by atoms with Crippen LogP contribution in [0.25, 0.3) is 5.70 Å². The molecule has 0 amide bonds. The van der Waals surface area contributed by atoms with Crippen LogP contribution in [0.2, 0.25) is 0 Å². The number of allylic oxidation sites excluding steroid dienone is 1. The molecular weight excluding hydrogens is 392 g/mol. The van der Waals surface area contributed by atoms with Crippen LogP contribution >= 0.6 is 0 Å². The number of hydrogen-bond donors (Lipinski definition) is 0. The van der Waals surface area contributed by atoms with E-state index in [-0.39, 0.29) is 5.92 Å². The quantitative estimate of drug-likeness (QED) is 0.598. The molecule has 5 heteroatoms. The Balaban J connectivity index is 1.76. The third-order valence-electron chi connectivity index (χ3n) is 6.76. The number of hydrogen-bond acceptors (Lipinski definition) is 2. The van der Waals surface area contributed by atoms with Crippen molar-refractivity contribution >= 4 is 27.3 Å². The minimum Gasteiger partial charge on any atom is -0.219 e. The van der Waals surface area contributed by atoms with Gasteiger partial charge >= 0.3 is 10.2 Å². The van der Waals surface area contributed by atoms with Crippen LogP contribution in [-0.4, -0.2) is 14.1 Å². The highest BCUT2D eigenvalue weighted by molar-refractivity contribution is 7.92. The molecule has 1 aliphatic heterocycles. The summed E-state index contributed by atoms with van der Waals surface area (Å²) in [7, 11) is -3.86. The van der Waals surface area contributed by atoms with Gasteiger partial charge in [-0.05, 0) is 49.8 Å². The number of anilines is 1. The average molecular weight is 421 g/mol. The van der Waals surface area contributed by atoms with Gasteiger partial charge in [-0.1, -0.05) is 68.1 Å². The van der Waals surface area contributed by atoms with Gasteiger partial charge in [0.05, 0.1) is 17.1 Å². The Hall–Kier alpha value is -2.40. The van der Waals surface area contributed by atoms with Crippen LogP contribution in [0, 0.1) is 12.8 Å². The molecule has 1 fully saturated rings. The minimum atomic E-state index is -3.86. The predicted octanol–water partition coefficient (Wildman–Crippen LogP) is 6.00. The third kappa shape index (κ3) is 3.20. The maximum absolute atomic E-state index is 13.6. The molecule has 0 N–H and O–H groups in total. The zero-order chi connectivity index (χ0) is 20.9. The van der Waals surface area contributed by atoms with Crippen molar-refractivity contribution in [1.82, 2.24) is 0 Å². The number of fused-ring (bicyclic) bond motifs is 2. The topological polar surface area (TPSA) is 49.7 Å². The second-order valence-electron chi connectivity index (χ2n) is 8.91. The first-order chi connectivity index (χ1) is 14.5. The Morgan fingerprint density at radius 2 is 1.67 bits per heavy atom. The van der Waals surface area contributed by atoms with Crippen LogP contribution < -0.4 is 4.31 Å². The van der Waals surface area contributed by atoms with Gasteiger partial charge in [-0.2, -0.15) is 8.42 Å². The van der Waals surface area contributed by atoms with Gasteiger partial charge in [0, 0.05) is 17.1 Å². The summed E-state index contributed by atoms with van der Waals surface area (Å²) in [5, 5.41) is 0. The maximum Gasteiger partial charge on any atom is 0.349 e. The Kier molecular flexibility index (Phi) is 4.81. The summed E-state index contributed by atoms with van der Waals surface area (Å²) in [5.74, 6) is 0.588. The van der Waals surface area contributed by atoms with E-state index in [2.05, 4.69) is 23.5 Å². The van der Waals surface area contributed by atoms with E-state index in [0.717, 1.165) is 60.2 Å². The second kappa shape index (κ2) is 7.38. The van der Waals surface area contributed by atoms with E-state index < -0.39 is 10.2 Å². The van der Waals surface area contributed by atoms with E-state index in [1.54, 1.807) is 0 Å². The number of benzene rings is 2. The lowest BCUT2D eigenvalue weighted by Crippen LogP contribution is -2.39. The fourth-order valence-corrected chi connectivity index (χ4v) is 6.67. The van der Waals surface area contributed by atoms with Crippen molar-refractivity contribution in [2.75, 3.05) is 4.31 Å². The molecule has 1 atom stereocenters. The zero-order valence-electron chi connectivity index (χ0n) is 17.6. The molecule has 0 aromatic heterocycles. The van der Waals surface area contributed by atoms with Gasteiger partial charge in [0.2, 0.25) is 0 Å². The highest BCUT2D eigenvalue weighted by Gasteiger charge is 2.41. The molecule has 4 nitrogen and oxygen atoms in total. The maximum atomic E-state index is 13.6. The molecule has 1 unspecified atom stereocenters. The summed E-state index contributed by atoms with van der Waals surface area (Å²) in [4.78, 5) is 0. The normalized spacial score (nSPS) is 23.6. The van der Waals surface area contributed by atoms with Gasteiger partial charge < -0.3 is 0 Å². The highest BCUT2D eigenvalue weighted by Crippen LogP contribution is 2.47. The van der Waals surface area contributed by atoms with E-state index in [1.807, 2.05) is 43.3 Å². The molecular formula is C25H28N2O2S. The highest BCUT2D eigenvalue weighted by atomic mass is 32.2. The van der Waals surface area contributed by atoms with Crippen LogP contribution in [0.1, 0.15) is 68.1 Å². The Morgan fingerprint density at radius 1 is 0.967 bits per heavy atom. The molecule has 0 spiro atoms. The third-order valence-corrected chi connectivity index (χ3v) is 8.04. The van der Waals surface area contributed by atoms with Gasteiger partial charge in [0.1, 0.15) is 0 Å². The Morgan fingerprint density at radius 3 is 2.40 bits per heavy atom. The first-order valence-electron chi connectivity index (χ1n) is 11.0. The van der Waals surface area contributed by atoms with E-state index >= 15 is 0 Å². The van der Waals surface area contributed by atoms with Crippen molar-refractivity contribution in [1.29, 1.82) is 0 Å². The molecule has 156 valence electrons. The van der Waals surface area contributed by atoms with Crippen molar-refractivity contribution in [3.63, 3.8) is 0 Å². The molecule has 1 saturated carbocycles. The summed E-state index contributed by atoms with van der Waals surface area (Å²) in [6.45, 7) is 4.25. The summed E-state index contributed by atoms with van der Waals surface area (Å²) in [6, 6.07) is 16.0. The zero-order valence-corrected chi connectivity index (χ0v) is 18.5. The summed E-state index contributed by atoms with van der Waals surface area (Å²) >= 11 is 0. The molecule has 0 saturated heterocycles. The lowest BCUT2D eigenvalue weighted by molar-refractivity contribution is 0.438. The molecule has 2 aromatic carbocycles. The standard InChI is InChI=1S/C25H28N2O2S/c1-17-12-14-20(15-13-17)27-25-22-11-7-6-10-21(22)18(2)16-23(25)24(26-30(27,28)29)19-8-4-3-5-9-19/h6-7,10-15,18-19H,3-5,8-9,16H2,1-2H3. The minimum absolute atomic E-state index is 0.246. The SMILES string of the molecule is Cc1ccc(N2C3=C(CC(C)c4ccccc43)C(C3CCCCC3)=NS2(=O)=O)cc1. The first-order valence-corrected chi connectivity index (χ1v) is 12.4. The lowest BCUT2D eigenvalue weighted by Gasteiger charge is -2.39. The summed E-state index contributed by atoms with van der Waals surface area (Å²) in [5.41, 5.74) is 6.78.